The lowest BCUT2D eigenvalue weighted by atomic mass is 10.1. The van der Waals surface area contributed by atoms with Crippen LogP contribution in [0.25, 0.3) is 31.9 Å². The van der Waals surface area contributed by atoms with Crippen molar-refractivity contribution in [2.75, 3.05) is 5.32 Å². The molecule has 0 saturated heterocycles. The summed E-state index contributed by atoms with van der Waals surface area (Å²) in [5.74, 6) is -0.151. The summed E-state index contributed by atoms with van der Waals surface area (Å²) in [7, 11) is 0. The van der Waals surface area contributed by atoms with Crippen molar-refractivity contribution in [2.45, 2.75) is 0 Å². The Morgan fingerprint density at radius 2 is 1.40 bits per heavy atom. The van der Waals surface area contributed by atoms with Gasteiger partial charge in [-0.15, -0.1) is 10.2 Å². The van der Waals surface area contributed by atoms with E-state index >= 15 is 0 Å². The van der Waals surface area contributed by atoms with Gasteiger partial charge >= 0.3 is 0 Å². The SMILES string of the molecule is O=C(Nc1ccccc1-c1nnc(-c2ccc3ccccc3c2)s1)c1ccccc1. The van der Waals surface area contributed by atoms with E-state index < -0.39 is 0 Å². The van der Waals surface area contributed by atoms with E-state index in [1.54, 1.807) is 12.1 Å². The number of carbonyl (C=O) groups excluding carboxylic acids is 1. The molecule has 0 bridgehead atoms. The fraction of sp³-hybridized carbons (Fsp3) is 0. The molecule has 0 fully saturated rings. The van der Waals surface area contributed by atoms with Crippen molar-refractivity contribution >= 4 is 33.7 Å². The zero-order chi connectivity index (χ0) is 20.3. The maximum absolute atomic E-state index is 12.6. The van der Waals surface area contributed by atoms with Crippen molar-refractivity contribution in [2.24, 2.45) is 0 Å². The summed E-state index contributed by atoms with van der Waals surface area (Å²) >= 11 is 1.51. The quantitative estimate of drug-likeness (QED) is 0.382. The zero-order valence-corrected chi connectivity index (χ0v) is 16.8. The van der Waals surface area contributed by atoms with Gasteiger partial charge in [0, 0.05) is 16.7 Å². The molecule has 4 nitrogen and oxygen atoms in total. The third-order valence-corrected chi connectivity index (χ3v) is 5.87. The van der Waals surface area contributed by atoms with Gasteiger partial charge in [-0.05, 0) is 41.1 Å². The molecule has 5 rings (SSSR count). The first-order valence-electron chi connectivity index (χ1n) is 9.56. The van der Waals surface area contributed by atoms with Gasteiger partial charge < -0.3 is 5.32 Å². The first-order valence-corrected chi connectivity index (χ1v) is 10.4. The molecule has 0 aliphatic rings. The Hall–Kier alpha value is -3.83. The highest BCUT2D eigenvalue weighted by Gasteiger charge is 2.14. The van der Waals surface area contributed by atoms with Gasteiger partial charge in [0.05, 0.1) is 5.69 Å². The Balaban J connectivity index is 1.47. The van der Waals surface area contributed by atoms with E-state index in [0.717, 1.165) is 21.1 Å². The highest BCUT2D eigenvalue weighted by Crippen LogP contribution is 2.35. The fourth-order valence-corrected chi connectivity index (χ4v) is 4.21. The molecule has 0 spiro atoms. The lowest BCUT2D eigenvalue weighted by molar-refractivity contribution is 0.102. The van der Waals surface area contributed by atoms with Gasteiger partial charge in [0.15, 0.2) is 0 Å². The number of anilines is 1. The highest BCUT2D eigenvalue weighted by molar-refractivity contribution is 7.18. The first-order chi connectivity index (χ1) is 14.8. The summed E-state index contributed by atoms with van der Waals surface area (Å²) in [4.78, 5) is 12.6. The molecule has 1 aromatic heterocycles. The van der Waals surface area contributed by atoms with E-state index in [0.29, 0.717) is 11.3 Å². The van der Waals surface area contributed by atoms with Crippen molar-refractivity contribution in [3.63, 3.8) is 0 Å². The highest BCUT2D eigenvalue weighted by atomic mass is 32.1. The zero-order valence-electron chi connectivity index (χ0n) is 15.9. The van der Waals surface area contributed by atoms with Crippen LogP contribution in [-0.4, -0.2) is 16.1 Å². The first kappa shape index (κ1) is 18.2. The Bertz CT molecular complexity index is 1340. The van der Waals surface area contributed by atoms with Gasteiger partial charge in [-0.1, -0.05) is 78.1 Å². The average molecular weight is 407 g/mol. The second-order valence-electron chi connectivity index (χ2n) is 6.84. The molecule has 0 atom stereocenters. The maximum Gasteiger partial charge on any atom is 0.255 e. The monoisotopic (exact) mass is 407 g/mol. The van der Waals surface area contributed by atoms with Gasteiger partial charge in [0.1, 0.15) is 10.0 Å². The second-order valence-corrected chi connectivity index (χ2v) is 7.82. The molecule has 1 N–H and O–H groups in total. The number of carbonyl (C=O) groups is 1. The molecule has 5 heteroatoms. The molecular formula is C25H17N3OS. The van der Waals surface area contributed by atoms with Crippen LogP contribution in [0.2, 0.25) is 0 Å². The van der Waals surface area contributed by atoms with E-state index in [1.807, 2.05) is 54.6 Å². The van der Waals surface area contributed by atoms with Crippen molar-refractivity contribution in [1.29, 1.82) is 0 Å². The average Bonchev–Trinajstić information content (AvgIpc) is 3.30. The van der Waals surface area contributed by atoms with E-state index in [-0.39, 0.29) is 5.91 Å². The number of amides is 1. The molecule has 5 aromatic rings. The molecule has 0 unspecified atom stereocenters. The van der Waals surface area contributed by atoms with E-state index in [1.165, 1.54) is 22.1 Å². The molecule has 0 saturated carbocycles. The number of nitrogens with one attached hydrogen (secondary N) is 1. The molecule has 0 radical (unpaired) electrons. The smallest absolute Gasteiger partial charge is 0.255 e. The van der Waals surface area contributed by atoms with Gasteiger partial charge in [-0.25, -0.2) is 0 Å². The minimum atomic E-state index is -0.151. The Labute approximate surface area is 177 Å². The van der Waals surface area contributed by atoms with Crippen molar-refractivity contribution in [3.05, 3.63) is 103 Å². The van der Waals surface area contributed by atoms with Crippen LogP contribution in [0.3, 0.4) is 0 Å². The molecule has 1 amide bonds. The predicted octanol–water partition coefficient (Wildman–Crippen LogP) is 6.28. The van der Waals surface area contributed by atoms with E-state index in [9.17, 15) is 4.79 Å². The number of hydrogen-bond donors (Lipinski definition) is 1. The van der Waals surface area contributed by atoms with Crippen LogP contribution in [0.5, 0.6) is 0 Å². The predicted molar refractivity (Wildman–Crippen MR) is 123 cm³/mol. The fourth-order valence-electron chi connectivity index (χ4n) is 3.33. The molecule has 1 heterocycles. The Kier molecular flexibility index (Phi) is 4.79. The summed E-state index contributed by atoms with van der Waals surface area (Å²) in [6.07, 6.45) is 0. The third-order valence-electron chi connectivity index (χ3n) is 4.86. The van der Waals surface area contributed by atoms with Crippen LogP contribution in [0.4, 0.5) is 5.69 Å². The topological polar surface area (TPSA) is 54.9 Å². The van der Waals surface area contributed by atoms with Gasteiger partial charge in [-0.2, -0.15) is 0 Å². The van der Waals surface area contributed by atoms with Gasteiger partial charge in [-0.3, -0.25) is 4.79 Å². The normalized spacial score (nSPS) is 10.8. The number of rotatable bonds is 4. The Morgan fingerprint density at radius 1 is 0.700 bits per heavy atom. The van der Waals surface area contributed by atoms with Crippen LogP contribution in [0.1, 0.15) is 10.4 Å². The molecule has 144 valence electrons. The standard InChI is InChI=1S/C25H17N3OS/c29-23(18-9-2-1-3-10-18)26-22-13-7-6-12-21(22)25-28-27-24(30-25)20-15-14-17-8-4-5-11-19(17)16-20/h1-16H,(H,26,29). The van der Waals surface area contributed by atoms with Crippen LogP contribution < -0.4 is 5.32 Å². The van der Waals surface area contributed by atoms with Crippen LogP contribution in [0.15, 0.2) is 97.1 Å². The summed E-state index contributed by atoms with van der Waals surface area (Å²) < 4.78 is 0. The van der Waals surface area contributed by atoms with Crippen LogP contribution in [0, 0.1) is 0 Å². The minimum absolute atomic E-state index is 0.151. The molecule has 0 aliphatic carbocycles. The molecule has 30 heavy (non-hydrogen) atoms. The lowest BCUT2D eigenvalue weighted by Gasteiger charge is -2.09. The van der Waals surface area contributed by atoms with Crippen LogP contribution >= 0.6 is 11.3 Å². The summed E-state index contributed by atoms with van der Waals surface area (Å²) in [5, 5.41) is 15.8. The van der Waals surface area contributed by atoms with Crippen LogP contribution in [-0.2, 0) is 0 Å². The van der Waals surface area contributed by atoms with E-state index in [4.69, 9.17) is 0 Å². The number of benzene rings is 4. The maximum atomic E-state index is 12.6. The van der Waals surface area contributed by atoms with Crippen molar-refractivity contribution < 1.29 is 4.79 Å². The van der Waals surface area contributed by atoms with Gasteiger partial charge in [0.2, 0.25) is 0 Å². The summed E-state index contributed by atoms with van der Waals surface area (Å²) in [6, 6.07) is 31.4. The van der Waals surface area contributed by atoms with Crippen molar-refractivity contribution in [3.8, 4) is 21.1 Å². The number of fused-ring (bicyclic) bond motifs is 1. The Morgan fingerprint density at radius 3 is 2.27 bits per heavy atom. The number of aromatic nitrogens is 2. The minimum Gasteiger partial charge on any atom is -0.321 e. The lowest BCUT2D eigenvalue weighted by Crippen LogP contribution is -2.12. The third kappa shape index (κ3) is 3.58. The number of para-hydroxylation sites is 1. The molecule has 4 aromatic carbocycles. The second kappa shape index (κ2) is 7.89. The van der Waals surface area contributed by atoms with Crippen molar-refractivity contribution in [1.82, 2.24) is 10.2 Å². The van der Waals surface area contributed by atoms with Gasteiger partial charge in [0.25, 0.3) is 5.91 Å². The largest absolute Gasteiger partial charge is 0.321 e. The molecular weight excluding hydrogens is 390 g/mol. The number of nitrogens with zero attached hydrogens (tertiary/aromatic N) is 2. The molecule has 0 aliphatic heterocycles. The number of hydrogen-bond acceptors (Lipinski definition) is 4. The summed E-state index contributed by atoms with van der Waals surface area (Å²) in [5.41, 5.74) is 3.21. The van der Waals surface area contributed by atoms with E-state index in [2.05, 4.69) is 45.8 Å². The summed E-state index contributed by atoms with van der Waals surface area (Å²) in [6.45, 7) is 0.